The zero-order valence-corrected chi connectivity index (χ0v) is 13.8. The summed E-state index contributed by atoms with van der Waals surface area (Å²) in [7, 11) is 0. The van der Waals surface area contributed by atoms with E-state index in [4.69, 9.17) is 11.6 Å². The smallest absolute Gasteiger partial charge is 0.257 e. The van der Waals surface area contributed by atoms with E-state index in [9.17, 15) is 4.79 Å². The molecule has 1 aliphatic heterocycles. The van der Waals surface area contributed by atoms with Gasteiger partial charge in [0.2, 0.25) is 0 Å². The summed E-state index contributed by atoms with van der Waals surface area (Å²) in [6.07, 6.45) is 2.88. The number of hydrogen-bond donors (Lipinski definition) is 0. The number of carbonyl (C=O) groups is 1. The van der Waals surface area contributed by atoms with Crippen LogP contribution < -0.4 is 0 Å². The van der Waals surface area contributed by atoms with E-state index in [-0.39, 0.29) is 5.91 Å². The lowest BCUT2D eigenvalue weighted by Crippen LogP contribution is -2.42. The van der Waals surface area contributed by atoms with Gasteiger partial charge in [-0.15, -0.1) is 0 Å². The van der Waals surface area contributed by atoms with Crippen molar-refractivity contribution in [3.8, 4) is 16.9 Å². The molecule has 0 aliphatic carbocycles. The van der Waals surface area contributed by atoms with Gasteiger partial charge in [0, 0.05) is 29.9 Å². The van der Waals surface area contributed by atoms with Gasteiger partial charge in [-0.05, 0) is 30.7 Å². The average molecular weight is 338 g/mol. The predicted octanol–water partition coefficient (Wildman–Crippen LogP) is 4.04. The van der Waals surface area contributed by atoms with Gasteiger partial charge >= 0.3 is 0 Å². The quantitative estimate of drug-likeness (QED) is 0.723. The average Bonchev–Trinajstić information content (AvgIpc) is 3.00. The van der Waals surface area contributed by atoms with E-state index in [0.29, 0.717) is 16.3 Å². The van der Waals surface area contributed by atoms with Crippen molar-refractivity contribution in [1.29, 1.82) is 0 Å². The monoisotopic (exact) mass is 337 g/mol. The normalized spacial score (nSPS) is 13.6. The van der Waals surface area contributed by atoms with Crippen LogP contribution >= 0.6 is 11.6 Å². The summed E-state index contributed by atoms with van der Waals surface area (Å²) in [5.41, 5.74) is 3.13. The third kappa shape index (κ3) is 2.69. The van der Waals surface area contributed by atoms with Gasteiger partial charge in [0.1, 0.15) is 5.69 Å². The lowest BCUT2D eigenvalue weighted by atomic mass is 10.1. The Bertz CT molecular complexity index is 867. The number of halogens is 1. The molecule has 4 rings (SSSR count). The minimum atomic E-state index is 0.0355. The summed E-state index contributed by atoms with van der Waals surface area (Å²) in [5, 5.41) is 5.33. The van der Waals surface area contributed by atoms with Crippen LogP contribution in [0.2, 0.25) is 5.02 Å². The topological polar surface area (TPSA) is 38.1 Å². The van der Waals surface area contributed by atoms with Gasteiger partial charge in [0.25, 0.3) is 5.91 Å². The van der Waals surface area contributed by atoms with Crippen molar-refractivity contribution < 1.29 is 4.79 Å². The van der Waals surface area contributed by atoms with Crippen molar-refractivity contribution in [2.24, 2.45) is 0 Å². The first-order chi connectivity index (χ1) is 11.7. The molecule has 0 spiro atoms. The summed E-state index contributed by atoms with van der Waals surface area (Å²) in [6, 6.07) is 17.2. The number of aromatic nitrogens is 2. The van der Waals surface area contributed by atoms with E-state index in [1.54, 1.807) is 4.68 Å². The lowest BCUT2D eigenvalue weighted by molar-refractivity contribution is 0.0652. The van der Waals surface area contributed by atoms with E-state index in [1.165, 1.54) is 0 Å². The van der Waals surface area contributed by atoms with E-state index in [1.807, 2.05) is 65.7 Å². The molecule has 1 amide bonds. The molecular formula is C19H16ClN3O. The number of benzene rings is 2. The third-order valence-electron chi connectivity index (χ3n) is 4.23. The van der Waals surface area contributed by atoms with Crippen LogP contribution in [0.15, 0.2) is 60.8 Å². The first-order valence-corrected chi connectivity index (χ1v) is 8.30. The molecule has 5 heteroatoms. The van der Waals surface area contributed by atoms with Gasteiger partial charge in [0.05, 0.1) is 11.3 Å². The van der Waals surface area contributed by atoms with Crippen LogP contribution in [0.5, 0.6) is 0 Å². The Balaban J connectivity index is 1.81. The molecule has 3 aromatic rings. The second-order valence-electron chi connectivity index (χ2n) is 5.82. The number of nitrogens with zero attached hydrogens (tertiary/aromatic N) is 3. The van der Waals surface area contributed by atoms with Crippen LogP contribution in [0, 0.1) is 0 Å². The predicted molar refractivity (Wildman–Crippen MR) is 94.5 cm³/mol. The molecule has 0 unspecified atom stereocenters. The number of carbonyl (C=O) groups excluding carboxylic acids is 1. The van der Waals surface area contributed by atoms with Crippen molar-refractivity contribution >= 4 is 17.5 Å². The first-order valence-electron chi connectivity index (χ1n) is 7.93. The van der Waals surface area contributed by atoms with Crippen LogP contribution in [0.4, 0.5) is 0 Å². The highest BCUT2D eigenvalue weighted by molar-refractivity contribution is 6.30. The Kier molecular flexibility index (Phi) is 3.82. The van der Waals surface area contributed by atoms with Gasteiger partial charge in [-0.1, -0.05) is 41.9 Å². The van der Waals surface area contributed by atoms with Crippen molar-refractivity contribution in [2.75, 3.05) is 13.1 Å². The molecule has 0 saturated carbocycles. The zero-order valence-electron chi connectivity index (χ0n) is 13.0. The number of hydrogen-bond acceptors (Lipinski definition) is 2. The summed E-state index contributed by atoms with van der Waals surface area (Å²) < 4.78 is 1.76. The van der Waals surface area contributed by atoms with E-state index in [2.05, 4.69) is 5.10 Å². The fraction of sp³-hybridized carbons (Fsp3) is 0.158. The molecule has 0 atom stereocenters. The molecule has 4 nitrogen and oxygen atoms in total. The minimum absolute atomic E-state index is 0.0355. The highest BCUT2D eigenvalue weighted by atomic mass is 35.5. The van der Waals surface area contributed by atoms with Crippen LogP contribution in [-0.4, -0.2) is 33.7 Å². The highest BCUT2D eigenvalue weighted by Gasteiger charge is 2.26. The lowest BCUT2D eigenvalue weighted by Gasteiger charge is -2.30. The van der Waals surface area contributed by atoms with Crippen LogP contribution in [0.1, 0.15) is 16.8 Å². The number of rotatable bonds is 3. The Morgan fingerprint density at radius 2 is 1.71 bits per heavy atom. The second kappa shape index (κ2) is 6.13. The van der Waals surface area contributed by atoms with Gasteiger partial charge in [-0.3, -0.25) is 4.79 Å². The molecule has 1 saturated heterocycles. The molecule has 0 bridgehead atoms. The van der Waals surface area contributed by atoms with Gasteiger partial charge < -0.3 is 4.90 Å². The van der Waals surface area contributed by atoms with Crippen molar-refractivity contribution in [2.45, 2.75) is 6.42 Å². The molecule has 1 aromatic heterocycles. The van der Waals surface area contributed by atoms with E-state index >= 15 is 0 Å². The Hall–Kier alpha value is -2.59. The van der Waals surface area contributed by atoms with Gasteiger partial charge in [-0.25, -0.2) is 4.68 Å². The number of amides is 1. The standard InChI is InChI=1S/C19H16ClN3O/c20-15-9-7-14(8-10-15)18-17(19(24)22-11-4-12-22)13-23(21-18)16-5-2-1-3-6-16/h1-3,5-10,13H,4,11-12H2. The van der Waals surface area contributed by atoms with Crippen LogP contribution in [0.25, 0.3) is 16.9 Å². The molecule has 24 heavy (non-hydrogen) atoms. The van der Waals surface area contributed by atoms with Gasteiger partial charge in [-0.2, -0.15) is 5.10 Å². The molecule has 2 aromatic carbocycles. The fourth-order valence-electron chi connectivity index (χ4n) is 2.75. The van der Waals surface area contributed by atoms with Crippen molar-refractivity contribution in [1.82, 2.24) is 14.7 Å². The maximum absolute atomic E-state index is 12.8. The molecule has 0 radical (unpaired) electrons. The SMILES string of the molecule is O=C(c1cn(-c2ccccc2)nc1-c1ccc(Cl)cc1)N1CCC1. The number of likely N-dealkylation sites (tertiary alicyclic amines) is 1. The summed E-state index contributed by atoms with van der Waals surface area (Å²) in [6.45, 7) is 1.63. The van der Waals surface area contributed by atoms with E-state index in [0.717, 1.165) is 30.8 Å². The zero-order chi connectivity index (χ0) is 16.5. The van der Waals surface area contributed by atoms with Crippen LogP contribution in [0.3, 0.4) is 0 Å². The van der Waals surface area contributed by atoms with E-state index < -0.39 is 0 Å². The largest absolute Gasteiger partial charge is 0.338 e. The van der Waals surface area contributed by atoms with Crippen molar-refractivity contribution in [3.05, 3.63) is 71.4 Å². The first kappa shape index (κ1) is 15.0. The third-order valence-corrected chi connectivity index (χ3v) is 4.48. The molecule has 2 heterocycles. The second-order valence-corrected chi connectivity index (χ2v) is 6.26. The highest BCUT2D eigenvalue weighted by Crippen LogP contribution is 2.27. The van der Waals surface area contributed by atoms with Crippen LogP contribution in [-0.2, 0) is 0 Å². The Morgan fingerprint density at radius 1 is 1.00 bits per heavy atom. The minimum Gasteiger partial charge on any atom is -0.338 e. The summed E-state index contributed by atoms with van der Waals surface area (Å²) >= 11 is 5.98. The molecule has 120 valence electrons. The summed E-state index contributed by atoms with van der Waals surface area (Å²) in [4.78, 5) is 14.6. The number of para-hydroxylation sites is 1. The fourth-order valence-corrected chi connectivity index (χ4v) is 2.88. The van der Waals surface area contributed by atoms with Gasteiger partial charge in [0.15, 0.2) is 0 Å². The Labute approximate surface area is 145 Å². The molecular weight excluding hydrogens is 322 g/mol. The maximum atomic E-state index is 12.8. The maximum Gasteiger partial charge on any atom is 0.257 e. The van der Waals surface area contributed by atoms with Crippen molar-refractivity contribution in [3.63, 3.8) is 0 Å². The summed E-state index contributed by atoms with van der Waals surface area (Å²) in [5.74, 6) is 0.0355. The molecule has 0 N–H and O–H groups in total. The Morgan fingerprint density at radius 3 is 2.33 bits per heavy atom. The molecule has 1 aliphatic rings. The molecule has 1 fully saturated rings.